The predicted octanol–water partition coefficient (Wildman–Crippen LogP) is 5.38. The van der Waals surface area contributed by atoms with Crippen molar-refractivity contribution in [3.05, 3.63) is 103 Å². The van der Waals surface area contributed by atoms with Gasteiger partial charge in [-0.3, -0.25) is 19.4 Å². The lowest BCUT2D eigenvalue weighted by Crippen LogP contribution is -2.14. The Morgan fingerprint density at radius 3 is 2.76 bits per heavy atom. The number of fused-ring (bicyclic) bond motifs is 2. The lowest BCUT2D eigenvalue weighted by Gasteiger charge is -2.08. The summed E-state index contributed by atoms with van der Waals surface area (Å²) in [6.07, 6.45) is 8.58. The van der Waals surface area contributed by atoms with Crippen LogP contribution >= 0.6 is 0 Å². The number of aryl methyl sites for hydroxylation is 1. The molecule has 3 N–H and O–H groups in total. The number of nitrogens with one attached hydrogen (secondary N) is 3. The first-order valence-electron chi connectivity index (χ1n) is 12.8. The minimum atomic E-state index is -0.450. The first-order chi connectivity index (χ1) is 20.0. The topological polar surface area (TPSA) is 130 Å². The van der Waals surface area contributed by atoms with Crippen molar-refractivity contribution in [3.8, 4) is 28.5 Å². The molecule has 1 amide bonds. The second-order valence-corrected chi connectivity index (χ2v) is 9.66. The molecule has 0 atom stereocenters. The number of halogens is 1. The molecule has 2 aromatic carbocycles. The van der Waals surface area contributed by atoms with Gasteiger partial charge in [0.05, 0.1) is 35.0 Å². The van der Waals surface area contributed by atoms with Crippen molar-refractivity contribution >= 4 is 33.5 Å². The average molecular weight is 544 g/mol. The van der Waals surface area contributed by atoms with Crippen molar-refractivity contribution in [1.29, 1.82) is 0 Å². The molecular formula is C30H22FN9O. The lowest BCUT2D eigenvalue weighted by molar-refractivity contribution is -0.115. The second-order valence-electron chi connectivity index (χ2n) is 9.66. The number of aromatic nitrogens is 8. The van der Waals surface area contributed by atoms with E-state index in [0.29, 0.717) is 50.6 Å². The summed E-state index contributed by atoms with van der Waals surface area (Å²) in [5.74, 6) is 0.506. The molecule has 0 aliphatic rings. The van der Waals surface area contributed by atoms with Crippen LogP contribution in [0.3, 0.4) is 0 Å². The summed E-state index contributed by atoms with van der Waals surface area (Å²) in [4.78, 5) is 33.7. The first-order valence-corrected chi connectivity index (χ1v) is 12.8. The van der Waals surface area contributed by atoms with Gasteiger partial charge in [0, 0.05) is 41.2 Å². The number of carbonyl (C=O) groups is 1. The van der Waals surface area contributed by atoms with Crippen LogP contribution in [0.4, 0.5) is 10.1 Å². The molecule has 200 valence electrons. The minimum absolute atomic E-state index is 0.187. The Bertz CT molecular complexity index is 2060. The zero-order valence-electron chi connectivity index (χ0n) is 21.8. The molecule has 7 rings (SSSR count). The standard InChI is InChI=1S/C30H22FN9O/c1-17-15-40(16-34-17)30-28-24(7-8-33-30)36-29(37-28)27-22-11-21(23(31)12-25(22)38-39-27)19-10-20(14-32-13-19)35-26(41)9-18-5-3-2-4-6-18/h2-8,10-16H,9H2,1H3,(H,35,41)(H,36,37)(H,38,39). The van der Waals surface area contributed by atoms with E-state index in [1.54, 1.807) is 30.9 Å². The number of aromatic amines is 2. The van der Waals surface area contributed by atoms with E-state index in [-0.39, 0.29) is 12.3 Å². The van der Waals surface area contributed by atoms with E-state index >= 15 is 4.39 Å². The third-order valence-electron chi connectivity index (χ3n) is 6.75. The van der Waals surface area contributed by atoms with Crippen molar-refractivity contribution in [2.75, 3.05) is 5.32 Å². The van der Waals surface area contributed by atoms with E-state index in [9.17, 15) is 4.79 Å². The first kappa shape index (κ1) is 24.3. The fourth-order valence-electron chi connectivity index (χ4n) is 4.84. The summed E-state index contributed by atoms with van der Waals surface area (Å²) < 4.78 is 17.1. The molecule has 10 nitrogen and oxygen atoms in total. The van der Waals surface area contributed by atoms with Crippen LogP contribution in [0.25, 0.3) is 50.4 Å². The number of imidazole rings is 2. The molecule has 0 aliphatic heterocycles. The molecule has 0 spiro atoms. The summed E-state index contributed by atoms with van der Waals surface area (Å²) in [5.41, 5.74) is 5.55. The monoisotopic (exact) mass is 543 g/mol. The summed E-state index contributed by atoms with van der Waals surface area (Å²) in [6, 6.07) is 16.1. The van der Waals surface area contributed by atoms with Crippen LogP contribution in [-0.2, 0) is 11.2 Å². The zero-order chi connectivity index (χ0) is 27.9. The number of H-pyrrole nitrogens is 2. The Balaban J connectivity index is 1.24. The van der Waals surface area contributed by atoms with E-state index in [1.807, 2.05) is 54.1 Å². The van der Waals surface area contributed by atoms with Gasteiger partial charge in [-0.1, -0.05) is 30.3 Å². The number of carbonyl (C=O) groups excluding carboxylic acids is 1. The van der Waals surface area contributed by atoms with Crippen LogP contribution in [0, 0.1) is 12.7 Å². The van der Waals surface area contributed by atoms with Crippen LogP contribution < -0.4 is 5.32 Å². The Labute approximate surface area is 232 Å². The Hall–Kier alpha value is -5.71. The fourth-order valence-corrected chi connectivity index (χ4v) is 4.84. The van der Waals surface area contributed by atoms with Crippen LogP contribution in [0.1, 0.15) is 11.3 Å². The van der Waals surface area contributed by atoms with Gasteiger partial charge in [-0.05, 0) is 30.7 Å². The number of anilines is 1. The Kier molecular flexibility index (Phi) is 5.81. The fraction of sp³-hybridized carbons (Fsp3) is 0.0667. The molecule has 0 fully saturated rings. The van der Waals surface area contributed by atoms with Gasteiger partial charge >= 0.3 is 0 Å². The molecule has 11 heteroatoms. The SMILES string of the molecule is Cc1cn(-c2nccc3[nH]c(-c4n[nH]c5cc(F)c(-c6cncc(NC(=O)Cc7ccccc7)c6)cc45)nc23)cn1. The van der Waals surface area contributed by atoms with E-state index < -0.39 is 5.82 Å². The molecular weight excluding hydrogens is 521 g/mol. The molecule has 41 heavy (non-hydrogen) atoms. The summed E-state index contributed by atoms with van der Waals surface area (Å²) >= 11 is 0. The van der Waals surface area contributed by atoms with Gasteiger partial charge in [-0.25, -0.2) is 19.3 Å². The van der Waals surface area contributed by atoms with Gasteiger partial charge in [0.15, 0.2) is 11.6 Å². The lowest BCUT2D eigenvalue weighted by atomic mass is 10.0. The number of pyridine rings is 2. The van der Waals surface area contributed by atoms with Crippen molar-refractivity contribution in [3.63, 3.8) is 0 Å². The highest BCUT2D eigenvalue weighted by Gasteiger charge is 2.19. The van der Waals surface area contributed by atoms with E-state index in [2.05, 4.69) is 35.5 Å². The highest BCUT2D eigenvalue weighted by atomic mass is 19.1. The number of hydrogen-bond acceptors (Lipinski definition) is 6. The molecule has 5 heterocycles. The van der Waals surface area contributed by atoms with Gasteiger partial charge < -0.3 is 10.3 Å². The zero-order valence-corrected chi connectivity index (χ0v) is 21.8. The third-order valence-corrected chi connectivity index (χ3v) is 6.75. The number of hydrogen-bond donors (Lipinski definition) is 3. The molecule has 0 saturated heterocycles. The molecule has 0 unspecified atom stereocenters. The molecule has 0 saturated carbocycles. The Morgan fingerprint density at radius 1 is 1.05 bits per heavy atom. The molecule has 7 aromatic rings. The van der Waals surface area contributed by atoms with Crippen molar-refractivity contribution in [2.24, 2.45) is 0 Å². The molecule has 0 aliphatic carbocycles. The number of rotatable bonds is 6. The summed E-state index contributed by atoms with van der Waals surface area (Å²) in [6.45, 7) is 1.91. The van der Waals surface area contributed by atoms with Crippen LogP contribution in [-0.4, -0.2) is 45.6 Å². The van der Waals surface area contributed by atoms with Gasteiger partial charge in [0.2, 0.25) is 5.91 Å². The normalized spacial score (nSPS) is 11.4. The van der Waals surface area contributed by atoms with Crippen LogP contribution in [0.5, 0.6) is 0 Å². The van der Waals surface area contributed by atoms with Gasteiger partial charge in [-0.2, -0.15) is 5.10 Å². The van der Waals surface area contributed by atoms with Crippen LogP contribution in [0.2, 0.25) is 0 Å². The smallest absolute Gasteiger partial charge is 0.228 e. The van der Waals surface area contributed by atoms with E-state index in [4.69, 9.17) is 4.98 Å². The van der Waals surface area contributed by atoms with Crippen LogP contribution in [0.15, 0.2) is 85.7 Å². The van der Waals surface area contributed by atoms with Gasteiger partial charge in [-0.15, -0.1) is 0 Å². The van der Waals surface area contributed by atoms with E-state index in [1.165, 1.54) is 12.3 Å². The Morgan fingerprint density at radius 2 is 1.93 bits per heavy atom. The molecule has 0 radical (unpaired) electrons. The maximum absolute atomic E-state index is 15.3. The summed E-state index contributed by atoms with van der Waals surface area (Å²) in [5, 5.41) is 10.9. The minimum Gasteiger partial charge on any atom is -0.336 e. The average Bonchev–Trinajstić information content (AvgIpc) is 3.70. The van der Waals surface area contributed by atoms with Gasteiger partial charge in [0.1, 0.15) is 23.4 Å². The maximum Gasteiger partial charge on any atom is 0.228 e. The molecule has 0 bridgehead atoms. The van der Waals surface area contributed by atoms with Crippen molar-refractivity contribution in [2.45, 2.75) is 13.3 Å². The number of benzene rings is 2. The van der Waals surface area contributed by atoms with Gasteiger partial charge in [0.25, 0.3) is 0 Å². The highest BCUT2D eigenvalue weighted by Crippen LogP contribution is 2.33. The van der Waals surface area contributed by atoms with E-state index in [0.717, 1.165) is 16.8 Å². The molecule has 5 aromatic heterocycles. The largest absolute Gasteiger partial charge is 0.336 e. The quantitative estimate of drug-likeness (QED) is 0.258. The van der Waals surface area contributed by atoms with Crippen molar-refractivity contribution in [1.82, 2.24) is 39.7 Å². The number of amides is 1. The third kappa shape index (κ3) is 4.59. The maximum atomic E-state index is 15.3. The second kappa shape index (κ2) is 9.79. The highest BCUT2D eigenvalue weighted by molar-refractivity contribution is 5.97. The summed E-state index contributed by atoms with van der Waals surface area (Å²) in [7, 11) is 0. The van der Waals surface area contributed by atoms with Crippen molar-refractivity contribution < 1.29 is 9.18 Å². The predicted molar refractivity (Wildman–Crippen MR) is 153 cm³/mol. The number of nitrogens with zero attached hydrogens (tertiary/aromatic N) is 6.